The van der Waals surface area contributed by atoms with Crippen molar-refractivity contribution in [2.75, 3.05) is 23.3 Å². The fourth-order valence-electron chi connectivity index (χ4n) is 3.11. The van der Waals surface area contributed by atoms with Crippen molar-refractivity contribution in [3.8, 4) is 0 Å². The molecule has 2 aromatic rings. The Morgan fingerprint density at radius 1 is 1.16 bits per heavy atom. The second-order valence-electron chi connectivity index (χ2n) is 6.32. The molecule has 0 bridgehead atoms. The number of thiophene rings is 1. The highest BCUT2D eigenvalue weighted by molar-refractivity contribution is 7.07. The van der Waals surface area contributed by atoms with Gasteiger partial charge in [-0.15, -0.1) is 0 Å². The Balaban J connectivity index is 1.75. The number of carbonyl (C=O) groups is 2. The Labute approximate surface area is 151 Å². The van der Waals surface area contributed by atoms with Crippen LogP contribution in [-0.2, 0) is 11.2 Å². The topological polar surface area (TPSA) is 75.4 Å². The highest BCUT2D eigenvalue weighted by Crippen LogP contribution is 2.30. The minimum atomic E-state index is -0.487. The average Bonchev–Trinajstić information content (AvgIpc) is 3.14. The van der Waals surface area contributed by atoms with Crippen LogP contribution < -0.4 is 16.0 Å². The summed E-state index contributed by atoms with van der Waals surface area (Å²) in [6, 6.07) is 7.34. The quantitative estimate of drug-likeness (QED) is 0.832. The number of benzene rings is 1. The number of piperidine rings is 1. The van der Waals surface area contributed by atoms with Crippen molar-refractivity contribution < 1.29 is 9.59 Å². The standard InChI is InChI=1S/C19H23N3O2S/c20-19(24)15-5-6-17(22-9-2-1-3-10-22)16(12-15)21-18(23)7-4-14-8-11-25-13-14/h5-6,8,11-13H,1-4,7,9-10H2,(H2,20,24)(H,21,23). The molecule has 0 radical (unpaired) electrons. The van der Waals surface area contributed by atoms with E-state index in [1.807, 2.05) is 17.5 Å². The number of carbonyl (C=O) groups excluding carboxylic acids is 2. The number of nitrogens with two attached hydrogens (primary N) is 1. The molecule has 0 unspecified atom stereocenters. The molecule has 1 aliphatic rings. The summed E-state index contributed by atoms with van der Waals surface area (Å²) in [6.07, 6.45) is 4.64. The first-order valence-corrected chi connectivity index (χ1v) is 9.57. The third-order valence-corrected chi connectivity index (χ3v) is 5.20. The van der Waals surface area contributed by atoms with Crippen LogP contribution in [0.25, 0.3) is 0 Å². The summed E-state index contributed by atoms with van der Waals surface area (Å²) in [5.41, 5.74) is 8.62. The van der Waals surface area contributed by atoms with Crippen LogP contribution in [-0.4, -0.2) is 24.9 Å². The normalized spacial score (nSPS) is 14.3. The molecule has 25 heavy (non-hydrogen) atoms. The van der Waals surface area contributed by atoms with Crippen molar-refractivity contribution >= 4 is 34.5 Å². The van der Waals surface area contributed by atoms with Crippen molar-refractivity contribution in [2.24, 2.45) is 5.73 Å². The maximum absolute atomic E-state index is 12.4. The molecule has 1 aromatic carbocycles. The van der Waals surface area contributed by atoms with E-state index in [2.05, 4.69) is 15.6 Å². The SMILES string of the molecule is NC(=O)c1ccc(N2CCCCC2)c(NC(=O)CCc2ccsc2)c1. The van der Waals surface area contributed by atoms with Crippen molar-refractivity contribution in [2.45, 2.75) is 32.1 Å². The van der Waals surface area contributed by atoms with Gasteiger partial charge in [0.15, 0.2) is 0 Å². The maximum atomic E-state index is 12.4. The van der Waals surface area contributed by atoms with Gasteiger partial charge in [0, 0.05) is 25.1 Å². The predicted molar refractivity (Wildman–Crippen MR) is 102 cm³/mol. The zero-order valence-corrected chi connectivity index (χ0v) is 15.0. The number of amides is 2. The lowest BCUT2D eigenvalue weighted by atomic mass is 10.1. The summed E-state index contributed by atoms with van der Waals surface area (Å²) < 4.78 is 0. The van der Waals surface area contributed by atoms with E-state index in [-0.39, 0.29) is 5.91 Å². The van der Waals surface area contributed by atoms with E-state index in [9.17, 15) is 9.59 Å². The third kappa shape index (κ3) is 4.60. The minimum Gasteiger partial charge on any atom is -0.370 e. The highest BCUT2D eigenvalue weighted by Gasteiger charge is 2.17. The van der Waals surface area contributed by atoms with E-state index in [1.165, 1.54) is 12.0 Å². The average molecular weight is 357 g/mol. The number of anilines is 2. The monoisotopic (exact) mass is 357 g/mol. The summed E-state index contributed by atoms with van der Waals surface area (Å²) in [4.78, 5) is 26.2. The summed E-state index contributed by atoms with van der Waals surface area (Å²) in [6.45, 7) is 1.93. The van der Waals surface area contributed by atoms with E-state index >= 15 is 0 Å². The smallest absolute Gasteiger partial charge is 0.248 e. The Morgan fingerprint density at radius 2 is 1.96 bits per heavy atom. The molecular weight excluding hydrogens is 334 g/mol. The molecule has 0 saturated carbocycles. The molecule has 0 atom stereocenters. The van der Waals surface area contributed by atoms with Crippen LogP contribution in [0.2, 0.25) is 0 Å². The fraction of sp³-hybridized carbons (Fsp3) is 0.368. The summed E-state index contributed by atoms with van der Waals surface area (Å²) in [5.74, 6) is -0.537. The van der Waals surface area contributed by atoms with Gasteiger partial charge in [0.25, 0.3) is 0 Å². The minimum absolute atomic E-state index is 0.0499. The number of hydrogen-bond acceptors (Lipinski definition) is 4. The van der Waals surface area contributed by atoms with E-state index in [0.717, 1.165) is 31.6 Å². The Bertz CT molecular complexity index is 737. The Morgan fingerprint density at radius 3 is 2.64 bits per heavy atom. The Hall–Kier alpha value is -2.34. The summed E-state index contributed by atoms with van der Waals surface area (Å²) in [5, 5.41) is 7.05. The number of nitrogens with zero attached hydrogens (tertiary/aromatic N) is 1. The van der Waals surface area contributed by atoms with Gasteiger partial charge in [0.05, 0.1) is 11.4 Å². The van der Waals surface area contributed by atoms with E-state index < -0.39 is 5.91 Å². The molecule has 132 valence electrons. The van der Waals surface area contributed by atoms with Crippen molar-refractivity contribution in [3.05, 3.63) is 46.2 Å². The summed E-state index contributed by atoms with van der Waals surface area (Å²) in [7, 11) is 0. The molecule has 2 amide bonds. The van der Waals surface area contributed by atoms with Crippen LogP contribution >= 0.6 is 11.3 Å². The van der Waals surface area contributed by atoms with Gasteiger partial charge < -0.3 is 16.0 Å². The van der Waals surface area contributed by atoms with Gasteiger partial charge in [0.1, 0.15) is 0 Å². The zero-order chi connectivity index (χ0) is 17.6. The molecule has 3 N–H and O–H groups in total. The molecule has 5 nitrogen and oxygen atoms in total. The molecule has 2 heterocycles. The molecular formula is C19H23N3O2S. The second kappa shape index (κ2) is 8.16. The van der Waals surface area contributed by atoms with Gasteiger partial charge >= 0.3 is 0 Å². The second-order valence-corrected chi connectivity index (χ2v) is 7.10. The number of primary amides is 1. The lowest BCUT2D eigenvalue weighted by Gasteiger charge is -2.30. The molecule has 1 aromatic heterocycles. The molecule has 1 saturated heterocycles. The van der Waals surface area contributed by atoms with Gasteiger partial charge in [-0.25, -0.2) is 0 Å². The molecule has 3 rings (SSSR count). The van der Waals surface area contributed by atoms with Crippen molar-refractivity contribution in [3.63, 3.8) is 0 Å². The van der Waals surface area contributed by atoms with Crippen LogP contribution in [0.3, 0.4) is 0 Å². The van der Waals surface area contributed by atoms with Gasteiger partial charge in [-0.05, 0) is 66.3 Å². The maximum Gasteiger partial charge on any atom is 0.248 e. The molecule has 1 aliphatic heterocycles. The number of hydrogen-bond donors (Lipinski definition) is 2. The predicted octanol–water partition coefficient (Wildman–Crippen LogP) is 3.41. The molecule has 6 heteroatoms. The lowest BCUT2D eigenvalue weighted by Crippen LogP contribution is -2.30. The Kier molecular flexibility index (Phi) is 5.71. The summed E-state index contributed by atoms with van der Waals surface area (Å²) >= 11 is 1.63. The highest BCUT2D eigenvalue weighted by atomic mass is 32.1. The van der Waals surface area contributed by atoms with E-state index in [1.54, 1.807) is 23.5 Å². The van der Waals surface area contributed by atoms with Crippen LogP contribution in [0.4, 0.5) is 11.4 Å². The van der Waals surface area contributed by atoms with E-state index in [0.29, 0.717) is 24.1 Å². The third-order valence-electron chi connectivity index (χ3n) is 4.47. The van der Waals surface area contributed by atoms with Crippen LogP contribution in [0, 0.1) is 0 Å². The number of rotatable bonds is 6. The lowest BCUT2D eigenvalue weighted by molar-refractivity contribution is -0.116. The largest absolute Gasteiger partial charge is 0.370 e. The molecule has 1 fully saturated rings. The van der Waals surface area contributed by atoms with Crippen molar-refractivity contribution in [1.82, 2.24) is 0 Å². The van der Waals surface area contributed by atoms with Gasteiger partial charge in [-0.3, -0.25) is 9.59 Å². The van der Waals surface area contributed by atoms with Crippen molar-refractivity contribution in [1.29, 1.82) is 0 Å². The number of aryl methyl sites for hydroxylation is 1. The van der Waals surface area contributed by atoms with Gasteiger partial charge in [-0.1, -0.05) is 0 Å². The zero-order valence-electron chi connectivity index (χ0n) is 14.2. The van der Waals surface area contributed by atoms with Crippen LogP contribution in [0.15, 0.2) is 35.0 Å². The van der Waals surface area contributed by atoms with Crippen LogP contribution in [0.5, 0.6) is 0 Å². The fourth-order valence-corrected chi connectivity index (χ4v) is 3.81. The first kappa shape index (κ1) is 17.5. The van der Waals surface area contributed by atoms with Gasteiger partial charge in [-0.2, -0.15) is 11.3 Å². The first-order chi connectivity index (χ1) is 12.1. The number of nitrogens with one attached hydrogen (secondary N) is 1. The van der Waals surface area contributed by atoms with Crippen LogP contribution in [0.1, 0.15) is 41.6 Å². The van der Waals surface area contributed by atoms with Gasteiger partial charge in [0.2, 0.25) is 11.8 Å². The van der Waals surface area contributed by atoms with E-state index in [4.69, 9.17) is 5.73 Å². The molecule has 0 spiro atoms. The first-order valence-electron chi connectivity index (χ1n) is 8.63. The molecule has 0 aliphatic carbocycles.